The van der Waals surface area contributed by atoms with E-state index in [1.54, 1.807) is 0 Å². The smallest absolute Gasteiger partial charge is 0.147 e. The Morgan fingerprint density at radius 3 is 1.50 bits per heavy atom. The van der Waals surface area contributed by atoms with Gasteiger partial charge in [0.15, 0.2) is 0 Å². The molecular weight excluding hydrogens is 657 g/mol. The van der Waals surface area contributed by atoms with Crippen molar-refractivity contribution in [3.8, 4) is 33.4 Å². The topological polar surface area (TPSA) is 26.3 Å². The van der Waals surface area contributed by atoms with Crippen molar-refractivity contribution in [2.75, 3.05) is 0 Å². The molecule has 11 aromatic rings. The van der Waals surface area contributed by atoms with Crippen LogP contribution in [0.15, 0.2) is 203 Å². The van der Waals surface area contributed by atoms with E-state index in [2.05, 4.69) is 182 Å². The molecule has 2 heteroatoms. The fraction of sp³-hybridized carbons (Fsp3) is 0. The summed E-state index contributed by atoms with van der Waals surface area (Å²) in [7, 11) is 0. The van der Waals surface area contributed by atoms with E-state index in [9.17, 15) is 0 Å². The van der Waals surface area contributed by atoms with Crippen molar-refractivity contribution in [3.05, 3.63) is 194 Å². The highest BCUT2D eigenvalue weighted by molar-refractivity contribution is 6.33. The molecule has 0 fully saturated rings. The van der Waals surface area contributed by atoms with E-state index in [0.29, 0.717) is 0 Å². The quantitative estimate of drug-likeness (QED) is 0.185. The molecule has 54 heavy (non-hydrogen) atoms. The van der Waals surface area contributed by atoms with Gasteiger partial charge in [-0.25, -0.2) is 0 Å². The average Bonchev–Trinajstić information content (AvgIpc) is 3.81. The lowest BCUT2D eigenvalue weighted by atomic mass is 9.93. The van der Waals surface area contributed by atoms with Crippen LogP contribution in [0.3, 0.4) is 0 Å². The molecule has 11 rings (SSSR count). The van der Waals surface area contributed by atoms with E-state index in [1.165, 1.54) is 43.8 Å². The monoisotopic (exact) mass is 688 g/mol. The zero-order valence-electron chi connectivity index (χ0n) is 29.3. The Hall–Kier alpha value is -7.16. The van der Waals surface area contributed by atoms with Gasteiger partial charge in [0.1, 0.15) is 22.3 Å². The fourth-order valence-corrected chi connectivity index (χ4v) is 8.36. The van der Waals surface area contributed by atoms with Crippen LogP contribution in [0, 0.1) is 0 Å². The van der Waals surface area contributed by atoms with Crippen LogP contribution in [0.25, 0.3) is 110 Å². The van der Waals surface area contributed by atoms with E-state index < -0.39 is 0 Å². The Balaban J connectivity index is 1.14. The maximum absolute atomic E-state index is 6.76. The minimum atomic E-state index is 0.857. The van der Waals surface area contributed by atoms with Crippen LogP contribution in [0.4, 0.5) is 0 Å². The molecule has 9 aromatic carbocycles. The van der Waals surface area contributed by atoms with Crippen molar-refractivity contribution in [2.45, 2.75) is 0 Å². The molecule has 0 radical (unpaired) electrons. The Kier molecular flexibility index (Phi) is 6.90. The lowest BCUT2D eigenvalue weighted by Crippen LogP contribution is -1.84. The van der Waals surface area contributed by atoms with Gasteiger partial charge in [0.05, 0.1) is 5.39 Å². The largest absolute Gasteiger partial charge is 0.455 e. The highest BCUT2D eigenvalue weighted by Gasteiger charge is 2.21. The number of benzene rings is 8. The molecule has 0 saturated heterocycles. The Morgan fingerprint density at radius 1 is 0.259 bits per heavy atom. The molecule has 2 nitrogen and oxygen atoms in total. The van der Waals surface area contributed by atoms with Crippen LogP contribution in [-0.4, -0.2) is 0 Å². The third-order valence-corrected chi connectivity index (χ3v) is 10.9. The van der Waals surface area contributed by atoms with Gasteiger partial charge in [-0.05, 0) is 90.6 Å². The summed E-state index contributed by atoms with van der Waals surface area (Å²) in [4.78, 5) is 0. The summed E-state index contributed by atoms with van der Waals surface area (Å²) >= 11 is 0. The summed E-state index contributed by atoms with van der Waals surface area (Å²) in [6, 6.07) is 69.3. The minimum Gasteiger partial charge on any atom is -0.455 e. The first kappa shape index (κ1) is 30.5. The number of rotatable bonds is 3. The third-order valence-electron chi connectivity index (χ3n) is 10.9. The standard InChI is InChI=1S/C52H32O2/c1-2-7-17-40(38-28-29-48-46(32-38)49-43-20-10-11-21-44(43)51-50(52(49)54-48)45-22-12-13-23-47(45)53-51)42-19-9-8-18-41(42)39(16-6-1)37-27-26-35-30-34(24-25-36(35)31-37)33-14-4-3-5-15-33/h1-32H. The Bertz CT molecular complexity index is 3330. The Labute approximate surface area is 311 Å². The molecule has 0 aliphatic carbocycles. The average molecular weight is 689 g/mol. The molecule has 2 heterocycles. The zero-order valence-corrected chi connectivity index (χ0v) is 29.3. The van der Waals surface area contributed by atoms with Gasteiger partial charge in [-0.1, -0.05) is 164 Å². The number of furan rings is 2. The highest BCUT2D eigenvalue weighted by Crippen LogP contribution is 2.46. The second-order valence-electron chi connectivity index (χ2n) is 14.0. The predicted molar refractivity (Wildman–Crippen MR) is 227 cm³/mol. The van der Waals surface area contributed by atoms with Crippen LogP contribution >= 0.6 is 0 Å². The van der Waals surface area contributed by atoms with E-state index >= 15 is 0 Å². The van der Waals surface area contributed by atoms with Crippen LogP contribution in [0.2, 0.25) is 0 Å². The van der Waals surface area contributed by atoms with Crippen molar-refractivity contribution in [1.82, 2.24) is 0 Å². The summed E-state index contributed by atoms with van der Waals surface area (Å²) < 4.78 is 13.2. The molecule has 0 N–H and O–H groups in total. The summed E-state index contributed by atoms with van der Waals surface area (Å²) in [5.74, 6) is 0. The number of para-hydroxylation sites is 1. The van der Waals surface area contributed by atoms with Crippen molar-refractivity contribution in [2.24, 2.45) is 0 Å². The molecule has 0 aliphatic heterocycles. The minimum absolute atomic E-state index is 0.857. The summed E-state index contributed by atoms with van der Waals surface area (Å²) in [5.41, 5.74) is 10.5. The number of fused-ring (bicyclic) bond motifs is 12. The molecule has 0 amide bonds. The Morgan fingerprint density at radius 2 is 0.759 bits per heavy atom. The van der Waals surface area contributed by atoms with E-state index in [-0.39, 0.29) is 0 Å². The van der Waals surface area contributed by atoms with Crippen molar-refractivity contribution >= 4 is 76.2 Å². The first-order valence-corrected chi connectivity index (χ1v) is 18.4. The highest BCUT2D eigenvalue weighted by atomic mass is 16.3. The lowest BCUT2D eigenvalue weighted by Gasteiger charge is -2.11. The van der Waals surface area contributed by atoms with Crippen molar-refractivity contribution < 1.29 is 8.83 Å². The molecule has 0 saturated carbocycles. The molecular formula is C52H32O2. The molecule has 0 aliphatic rings. The first-order valence-electron chi connectivity index (χ1n) is 18.4. The molecule has 0 spiro atoms. The summed E-state index contributed by atoms with van der Waals surface area (Å²) in [5, 5.41) is 11.3. The van der Waals surface area contributed by atoms with Crippen LogP contribution < -0.4 is 0 Å². The van der Waals surface area contributed by atoms with E-state index in [1.807, 2.05) is 12.1 Å². The fourth-order valence-electron chi connectivity index (χ4n) is 8.36. The van der Waals surface area contributed by atoms with E-state index in [4.69, 9.17) is 8.83 Å². The molecule has 2 aromatic heterocycles. The van der Waals surface area contributed by atoms with Gasteiger partial charge in [0.2, 0.25) is 0 Å². The molecule has 0 bridgehead atoms. The third kappa shape index (κ3) is 4.81. The van der Waals surface area contributed by atoms with Gasteiger partial charge in [-0.2, -0.15) is 0 Å². The number of hydrogen-bond acceptors (Lipinski definition) is 2. The maximum atomic E-state index is 6.76. The van der Waals surface area contributed by atoms with Gasteiger partial charge in [0.25, 0.3) is 0 Å². The summed E-state index contributed by atoms with van der Waals surface area (Å²) in [6.45, 7) is 0. The molecule has 0 atom stereocenters. The van der Waals surface area contributed by atoms with Crippen LogP contribution in [0.5, 0.6) is 0 Å². The van der Waals surface area contributed by atoms with Gasteiger partial charge in [-0.3, -0.25) is 0 Å². The number of hydrogen-bond donors (Lipinski definition) is 0. The van der Waals surface area contributed by atoms with Crippen molar-refractivity contribution in [3.63, 3.8) is 0 Å². The van der Waals surface area contributed by atoms with Crippen LogP contribution in [0.1, 0.15) is 0 Å². The first-order chi connectivity index (χ1) is 26.8. The van der Waals surface area contributed by atoms with Gasteiger partial charge in [-0.15, -0.1) is 0 Å². The SMILES string of the molecule is c1ccc(-c2ccc3cc(-c4ccccccc(-c5ccc6oc7c(c6c5)c5ccccc5c5oc6ccccc6c57)c5ccccc45)ccc3c2)cc1. The predicted octanol–water partition coefficient (Wildman–Crippen LogP) is 15.1. The van der Waals surface area contributed by atoms with Gasteiger partial charge < -0.3 is 8.83 Å². The normalized spacial score (nSPS) is 11.7. The zero-order chi connectivity index (χ0) is 35.6. The second kappa shape index (κ2) is 12.2. The van der Waals surface area contributed by atoms with Crippen LogP contribution in [-0.2, 0) is 0 Å². The van der Waals surface area contributed by atoms with Gasteiger partial charge >= 0.3 is 0 Å². The molecule has 0 unspecified atom stereocenters. The molecule has 252 valence electrons. The lowest BCUT2D eigenvalue weighted by molar-refractivity contribution is 0.665. The van der Waals surface area contributed by atoms with Crippen molar-refractivity contribution in [1.29, 1.82) is 0 Å². The maximum Gasteiger partial charge on any atom is 0.147 e. The van der Waals surface area contributed by atoms with Gasteiger partial charge in [0, 0.05) is 21.5 Å². The second-order valence-corrected chi connectivity index (χ2v) is 14.0. The van der Waals surface area contributed by atoms with E-state index in [0.717, 1.165) is 65.8 Å². The summed E-state index contributed by atoms with van der Waals surface area (Å²) in [6.07, 6.45) is 0.